The number of aromatic amines is 1. The van der Waals surface area contributed by atoms with Crippen LogP contribution in [0.25, 0.3) is 0 Å². The Morgan fingerprint density at radius 1 is 1.11 bits per heavy atom. The van der Waals surface area contributed by atoms with E-state index in [0.717, 1.165) is 9.47 Å². The Morgan fingerprint density at radius 3 is 2.47 bits per heavy atom. The van der Waals surface area contributed by atoms with Crippen LogP contribution in [0.2, 0.25) is 0 Å². The highest BCUT2D eigenvalue weighted by atomic mass is 19.1. The zero-order valence-corrected chi connectivity index (χ0v) is 21.4. The van der Waals surface area contributed by atoms with Crippen LogP contribution in [-0.4, -0.2) is 45.0 Å². The maximum absolute atomic E-state index is 14.9. The van der Waals surface area contributed by atoms with Crippen LogP contribution in [0.15, 0.2) is 64.3 Å². The molecule has 4 rings (SSSR count). The number of nitrogens with zero attached hydrogens (tertiary/aromatic N) is 2. The molecule has 38 heavy (non-hydrogen) atoms. The first kappa shape index (κ1) is 27.0. The Kier molecular flexibility index (Phi) is 7.89. The summed E-state index contributed by atoms with van der Waals surface area (Å²) in [6.45, 7) is 4.49. The number of halogens is 2. The van der Waals surface area contributed by atoms with Gasteiger partial charge in [-0.15, -0.1) is 0 Å². The molecule has 2 aromatic carbocycles. The zero-order valence-electron chi connectivity index (χ0n) is 21.4. The number of H-pyrrole nitrogens is 1. The van der Waals surface area contributed by atoms with E-state index in [1.165, 1.54) is 19.2 Å². The zero-order chi connectivity index (χ0) is 27.6. The van der Waals surface area contributed by atoms with E-state index in [-0.39, 0.29) is 24.4 Å². The largest absolute Gasteiger partial charge is 0.343 e. The molecule has 0 radical (unpaired) electrons. The summed E-state index contributed by atoms with van der Waals surface area (Å²) in [6.07, 6.45) is -0.390. The molecule has 1 aliphatic heterocycles. The van der Waals surface area contributed by atoms with E-state index < -0.39 is 53.7 Å². The Balaban J connectivity index is 1.60. The van der Waals surface area contributed by atoms with Crippen molar-refractivity contribution < 1.29 is 18.4 Å². The molecule has 0 bridgehead atoms. The molecule has 1 saturated heterocycles. The third kappa shape index (κ3) is 5.74. The molecule has 2 amide bonds. The van der Waals surface area contributed by atoms with Gasteiger partial charge in [0.25, 0.3) is 5.56 Å². The smallest absolute Gasteiger partial charge is 0.328 e. The normalized spacial score (nSPS) is 18.0. The van der Waals surface area contributed by atoms with Crippen LogP contribution in [0.4, 0.5) is 8.78 Å². The topological polar surface area (TPSA) is 104 Å². The van der Waals surface area contributed by atoms with Crippen molar-refractivity contribution >= 4 is 11.8 Å². The first-order chi connectivity index (χ1) is 18.0. The molecule has 2 N–H and O–H groups in total. The average Bonchev–Trinajstić information content (AvgIpc) is 3.28. The molecule has 1 aromatic heterocycles. The van der Waals surface area contributed by atoms with Crippen LogP contribution in [0.1, 0.15) is 54.5 Å². The van der Waals surface area contributed by atoms with E-state index in [1.54, 1.807) is 36.4 Å². The molecule has 1 aliphatic rings. The van der Waals surface area contributed by atoms with Gasteiger partial charge in [-0.2, -0.15) is 0 Å². The Hall–Kier alpha value is -4.08. The van der Waals surface area contributed by atoms with Crippen molar-refractivity contribution in [1.82, 2.24) is 19.8 Å². The summed E-state index contributed by atoms with van der Waals surface area (Å²) >= 11 is 0. The minimum Gasteiger partial charge on any atom is -0.343 e. The van der Waals surface area contributed by atoms with Crippen LogP contribution < -0.4 is 16.6 Å². The number of likely N-dealkylation sites (tertiary alicyclic amines) is 1. The number of aryl methyl sites for hydroxylation is 1. The van der Waals surface area contributed by atoms with Gasteiger partial charge in [-0.25, -0.2) is 13.6 Å². The Bertz CT molecular complexity index is 1450. The second-order valence-electron chi connectivity index (χ2n) is 9.88. The summed E-state index contributed by atoms with van der Waals surface area (Å²) in [5, 5.41) is 2.88. The standard InChI is InChI=1S/C28H30F2N4O4/c1-16(2)21-10-9-19(11-22(21)30)25(18-7-5-4-6-8-18)31-27(37)23-12-20(29)14-34(23)24(35)15-33-13-17(3)26(36)32-28(33)38/h4-11,13,16,20,23,25H,12,14-15H2,1-3H3,(H,31,37)(H,32,36,38). The SMILES string of the molecule is Cc1cn(CC(=O)N2CC(F)CC2C(=O)NC(c2ccccc2)c2ccc(C(C)C)c(F)c2)c(=O)[nH]c1=O. The van der Waals surface area contributed by atoms with Gasteiger partial charge in [-0.05, 0) is 35.6 Å². The lowest BCUT2D eigenvalue weighted by Gasteiger charge is -2.27. The Labute approximate surface area is 218 Å². The number of benzene rings is 2. The van der Waals surface area contributed by atoms with E-state index in [0.29, 0.717) is 16.7 Å². The van der Waals surface area contributed by atoms with Gasteiger partial charge in [0.2, 0.25) is 11.8 Å². The van der Waals surface area contributed by atoms with E-state index in [1.807, 2.05) is 19.9 Å². The molecule has 10 heteroatoms. The van der Waals surface area contributed by atoms with Gasteiger partial charge in [-0.3, -0.25) is 23.9 Å². The number of hydrogen-bond donors (Lipinski definition) is 2. The molecule has 2 heterocycles. The number of alkyl halides is 1. The number of aromatic nitrogens is 2. The molecule has 3 atom stereocenters. The summed E-state index contributed by atoms with van der Waals surface area (Å²) in [5.74, 6) is -1.64. The van der Waals surface area contributed by atoms with Crippen LogP contribution in [-0.2, 0) is 16.1 Å². The van der Waals surface area contributed by atoms with E-state index in [2.05, 4.69) is 10.3 Å². The predicted octanol–water partition coefficient (Wildman–Crippen LogP) is 2.95. The lowest BCUT2D eigenvalue weighted by Crippen LogP contribution is -2.48. The third-order valence-electron chi connectivity index (χ3n) is 6.77. The summed E-state index contributed by atoms with van der Waals surface area (Å²) in [5.41, 5.74) is 0.646. The van der Waals surface area contributed by atoms with Crippen molar-refractivity contribution in [2.24, 2.45) is 0 Å². The number of hydrogen-bond acceptors (Lipinski definition) is 4. The third-order valence-corrected chi connectivity index (χ3v) is 6.77. The predicted molar refractivity (Wildman–Crippen MR) is 138 cm³/mol. The van der Waals surface area contributed by atoms with Gasteiger partial charge in [0, 0.05) is 18.2 Å². The van der Waals surface area contributed by atoms with Crippen molar-refractivity contribution in [1.29, 1.82) is 0 Å². The van der Waals surface area contributed by atoms with Crippen LogP contribution in [0, 0.1) is 12.7 Å². The fraction of sp³-hybridized carbons (Fsp3) is 0.357. The van der Waals surface area contributed by atoms with Gasteiger partial charge in [-0.1, -0.05) is 56.3 Å². The molecule has 8 nitrogen and oxygen atoms in total. The number of rotatable bonds is 7. The van der Waals surface area contributed by atoms with Gasteiger partial charge in [0.1, 0.15) is 24.6 Å². The minimum absolute atomic E-state index is 0.0212. The van der Waals surface area contributed by atoms with E-state index in [9.17, 15) is 28.0 Å². The monoisotopic (exact) mass is 524 g/mol. The van der Waals surface area contributed by atoms with Gasteiger partial charge < -0.3 is 10.2 Å². The number of carbonyl (C=O) groups excluding carboxylic acids is 2. The highest BCUT2D eigenvalue weighted by molar-refractivity contribution is 5.89. The van der Waals surface area contributed by atoms with Crippen LogP contribution >= 0.6 is 0 Å². The molecular formula is C28H30F2N4O4. The van der Waals surface area contributed by atoms with Crippen molar-refractivity contribution in [3.63, 3.8) is 0 Å². The molecule has 1 fully saturated rings. The Morgan fingerprint density at radius 2 is 1.82 bits per heavy atom. The molecular weight excluding hydrogens is 494 g/mol. The summed E-state index contributed by atoms with van der Waals surface area (Å²) in [4.78, 5) is 53.5. The lowest BCUT2D eigenvalue weighted by molar-refractivity contribution is -0.139. The average molecular weight is 525 g/mol. The molecule has 3 aromatic rings. The highest BCUT2D eigenvalue weighted by Gasteiger charge is 2.40. The van der Waals surface area contributed by atoms with Crippen molar-refractivity contribution in [2.45, 2.75) is 57.9 Å². The summed E-state index contributed by atoms with van der Waals surface area (Å²) in [6, 6.07) is 11.9. The van der Waals surface area contributed by atoms with E-state index in [4.69, 9.17) is 0 Å². The fourth-order valence-corrected chi connectivity index (χ4v) is 4.72. The van der Waals surface area contributed by atoms with Crippen molar-refractivity contribution in [3.05, 3.63) is 104 Å². The van der Waals surface area contributed by atoms with Gasteiger partial charge in [0.05, 0.1) is 12.6 Å². The highest BCUT2D eigenvalue weighted by Crippen LogP contribution is 2.28. The van der Waals surface area contributed by atoms with E-state index >= 15 is 0 Å². The van der Waals surface area contributed by atoms with Gasteiger partial charge >= 0.3 is 5.69 Å². The molecule has 0 spiro atoms. The maximum atomic E-state index is 14.9. The second-order valence-corrected chi connectivity index (χ2v) is 9.88. The fourth-order valence-electron chi connectivity index (χ4n) is 4.72. The molecule has 3 unspecified atom stereocenters. The van der Waals surface area contributed by atoms with Crippen molar-refractivity contribution in [3.8, 4) is 0 Å². The first-order valence-corrected chi connectivity index (χ1v) is 12.4. The maximum Gasteiger partial charge on any atom is 0.328 e. The number of amides is 2. The summed E-state index contributed by atoms with van der Waals surface area (Å²) < 4.78 is 30.4. The van der Waals surface area contributed by atoms with Crippen molar-refractivity contribution in [2.75, 3.05) is 6.54 Å². The van der Waals surface area contributed by atoms with Gasteiger partial charge in [0.15, 0.2) is 0 Å². The lowest BCUT2D eigenvalue weighted by atomic mass is 9.94. The number of nitrogens with one attached hydrogen (secondary N) is 2. The minimum atomic E-state index is -1.43. The summed E-state index contributed by atoms with van der Waals surface area (Å²) in [7, 11) is 0. The first-order valence-electron chi connectivity index (χ1n) is 12.4. The molecule has 0 aliphatic carbocycles. The quantitative estimate of drug-likeness (QED) is 0.496. The van der Waals surface area contributed by atoms with Crippen LogP contribution in [0.3, 0.4) is 0 Å². The van der Waals surface area contributed by atoms with Crippen LogP contribution in [0.5, 0.6) is 0 Å². The molecule has 200 valence electrons. The molecule has 0 saturated carbocycles. The number of carbonyl (C=O) groups is 2. The second kappa shape index (κ2) is 11.1.